The van der Waals surface area contributed by atoms with Gasteiger partial charge in [0.1, 0.15) is 0 Å². The molecular formula is C16H29N3O6Si. The number of nitrogens with zero attached hydrogens (tertiary/aromatic N) is 3. The van der Waals surface area contributed by atoms with Gasteiger partial charge in [0, 0.05) is 47.0 Å². The summed E-state index contributed by atoms with van der Waals surface area (Å²) < 4.78 is 19.3. The van der Waals surface area contributed by atoms with Gasteiger partial charge in [0.2, 0.25) is 0 Å². The Morgan fingerprint density at radius 3 is 1.77 bits per heavy atom. The summed E-state index contributed by atoms with van der Waals surface area (Å²) in [5.74, 6) is 0. The number of hydrogen-bond donors (Lipinski definition) is 0. The van der Waals surface area contributed by atoms with Crippen molar-refractivity contribution in [2.75, 3.05) is 21.3 Å². The first-order valence-electron chi connectivity index (χ1n) is 8.62. The first kappa shape index (κ1) is 22.3. The SMILES string of the molecule is C=CCCn1c(=O)n(CCC)c(=O)n(CCC[Si](OC)(OC)OC)c1=O. The van der Waals surface area contributed by atoms with Crippen molar-refractivity contribution in [2.24, 2.45) is 0 Å². The van der Waals surface area contributed by atoms with Crippen LogP contribution in [0, 0.1) is 0 Å². The fraction of sp³-hybridized carbons (Fsp3) is 0.688. The molecule has 0 bridgehead atoms. The third-order valence-electron chi connectivity index (χ3n) is 4.19. The molecule has 0 fully saturated rings. The second kappa shape index (κ2) is 10.4. The van der Waals surface area contributed by atoms with Crippen LogP contribution in [0.2, 0.25) is 6.04 Å². The molecule has 0 unspecified atom stereocenters. The van der Waals surface area contributed by atoms with Gasteiger partial charge in [-0.05, 0) is 19.3 Å². The fourth-order valence-electron chi connectivity index (χ4n) is 2.71. The predicted molar refractivity (Wildman–Crippen MR) is 101 cm³/mol. The minimum atomic E-state index is -2.79. The molecule has 10 heteroatoms. The van der Waals surface area contributed by atoms with Crippen LogP contribution < -0.4 is 17.1 Å². The number of hydrogen-bond acceptors (Lipinski definition) is 6. The highest BCUT2D eigenvalue weighted by Gasteiger charge is 2.37. The lowest BCUT2D eigenvalue weighted by atomic mass is 10.4. The topological polar surface area (TPSA) is 93.7 Å². The molecule has 1 heterocycles. The van der Waals surface area contributed by atoms with E-state index in [1.165, 1.54) is 21.3 Å². The average Bonchev–Trinajstić information content (AvgIpc) is 2.65. The number of rotatable bonds is 12. The van der Waals surface area contributed by atoms with E-state index in [1.54, 1.807) is 6.08 Å². The Bertz CT molecular complexity index is 754. The largest absolute Gasteiger partial charge is 0.500 e. The summed E-state index contributed by atoms with van der Waals surface area (Å²) in [4.78, 5) is 37.7. The van der Waals surface area contributed by atoms with Gasteiger partial charge in [0.05, 0.1) is 0 Å². The van der Waals surface area contributed by atoms with Crippen LogP contribution in [0.15, 0.2) is 27.0 Å². The van der Waals surface area contributed by atoms with Crippen LogP contribution in [0.4, 0.5) is 0 Å². The maximum atomic E-state index is 12.6. The molecule has 0 aromatic carbocycles. The molecule has 1 aromatic rings. The summed E-state index contributed by atoms with van der Waals surface area (Å²) in [5, 5.41) is 0. The summed E-state index contributed by atoms with van der Waals surface area (Å²) >= 11 is 0. The van der Waals surface area contributed by atoms with Crippen molar-refractivity contribution in [3.05, 3.63) is 44.1 Å². The zero-order valence-corrected chi connectivity index (χ0v) is 17.0. The molecule has 0 atom stereocenters. The standard InChI is InChI=1S/C16H29N3O6Si/c1-6-8-11-18-14(20)17(10-7-2)15(21)19(16(18)22)12-9-13-26(23-3,24-4)25-5/h6H,1,7-13H2,2-5H3. The quantitative estimate of drug-likeness (QED) is 0.381. The summed E-state index contributed by atoms with van der Waals surface area (Å²) in [5.41, 5.74) is -1.76. The number of allylic oxidation sites excluding steroid dienone is 1. The Kier molecular flexibility index (Phi) is 8.92. The molecular weight excluding hydrogens is 358 g/mol. The molecule has 0 saturated heterocycles. The summed E-state index contributed by atoms with van der Waals surface area (Å²) in [6, 6.07) is 0.446. The smallest absolute Gasteiger partial charge is 0.377 e. The van der Waals surface area contributed by atoms with Gasteiger partial charge in [-0.3, -0.25) is 0 Å². The minimum Gasteiger partial charge on any atom is -0.377 e. The first-order valence-corrected chi connectivity index (χ1v) is 10.5. The van der Waals surface area contributed by atoms with Gasteiger partial charge < -0.3 is 13.3 Å². The average molecular weight is 388 g/mol. The predicted octanol–water partition coefficient (Wildman–Crippen LogP) is 0.426. The van der Waals surface area contributed by atoms with E-state index in [2.05, 4.69) is 6.58 Å². The van der Waals surface area contributed by atoms with Gasteiger partial charge in [-0.1, -0.05) is 13.0 Å². The van der Waals surface area contributed by atoms with Crippen molar-refractivity contribution < 1.29 is 13.3 Å². The minimum absolute atomic E-state index is 0.153. The maximum Gasteiger partial charge on any atom is 0.500 e. The zero-order valence-electron chi connectivity index (χ0n) is 16.0. The molecule has 0 N–H and O–H groups in total. The van der Waals surface area contributed by atoms with E-state index >= 15 is 0 Å². The molecule has 148 valence electrons. The van der Waals surface area contributed by atoms with E-state index in [1.807, 2.05) is 6.92 Å². The molecule has 0 spiro atoms. The summed E-state index contributed by atoms with van der Waals surface area (Å²) in [6.45, 7) is 6.08. The van der Waals surface area contributed by atoms with E-state index in [0.29, 0.717) is 25.3 Å². The highest BCUT2D eigenvalue weighted by molar-refractivity contribution is 6.60. The van der Waals surface area contributed by atoms with Crippen LogP contribution in [-0.4, -0.2) is 43.8 Å². The van der Waals surface area contributed by atoms with Gasteiger partial charge in [-0.25, -0.2) is 28.1 Å². The molecule has 0 saturated carbocycles. The van der Waals surface area contributed by atoms with Gasteiger partial charge in [0.15, 0.2) is 0 Å². The van der Waals surface area contributed by atoms with E-state index in [9.17, 15) is 14.4 Å². The van der Waals surface area contributed by atoms with E-state index in [-0.39, 0.29) is 19.6 Å². The van der Waals surface area contributed by atoms with E-state index < -0.39 is 25.9 Å². The Balaban J connectivity index is 3.23. The van der Waals surface area contributed by atoms with Gasteiger partial charge >= 0.3 is 25.9 Å². The molecule has 0 aliphatic heterocycles. The van der Waals surface area contributed by atoms with Crippen LogP contribution in [0.1, 0.15) is 26.2 Å². The molecule has 9 nitrogen and oxygen atoms in total. The second-order valence-corrected chi connectivity index (χ2v) is 8.87. The van der Waals surface area contributed by atoms with E-state index in [4.69, 9.17) is 13.3 Å². The summed E-state index contributed by atoms with van der Waals surface area (Å²) in [6.07, 6.45) is 3.15. The third-order valence-corrected chi connectivity index (χ3v) is 7.02. The van der Waals surface area contributed by atoms with Crippen LogP contribution in [0.25, 0.3) is 0 Å². The van der Waals surface area contributed by atoms with E-state index in [0.717, 1.165) is 13.7 Å². The first-order chi connectivity index (χ1) is 12.4. The Labute approximate surface area is 153 Å². The van der Waals surface area contributed by atoms with Crippen LogP contribution >= 0.6 is 0 Å². The molecule has 1 rings (SSSR count). The van der Waals surface area contributed by atoms with Gasteiger partial charge in [-0.15, -0.1) is 6.58 Å². The maximum absolute atomic E-state index is 12.6. The summed E-state index contributed by atoms with van der Waals surface area (Å²) in [7, 11) is 1.74. The lowest BCUT2D eigenvalue weighted by Gasteiger charge is -2.24. The fourth-order valence-corrected chi connectivity index (χ4v) is 4.41. The number of aromatic nitrogens is 3. The van der Waals surface area contributed by atoms with Crippen molar-refractivity contribution in [2.45, 2.75) is 51.9 Å². The van der Waals surface area contributed by atoms with Crippen molar-refractivity contribution >= 4 is 8.80 Å². The molecule has 26 heavy (non-hydrogen) atoms. The van der Waals surface area contributed by atoms with Gasteiger partial charge in [0.25, 0.3) is 0 Å². The third kappa shape index (κ3) is 4.91. The van der Waals surface area contributed by atoms with Crippen molar-refractivity contribution in [3.63, 3.8) is 0 Å². The van der Waals surface area contributed by atoms with Crippen LogP contribution in [0.3, 0.4) is 0 Å². The van der Waals surface area contributed by atoms with Crippen molar-refractivity contribution in [1.29, 1.82) is 0 Å². The Morgan fingerprint density at radius 1 is 0.885 bits per heavy atom. The van der Waals surface area contributed by atoms with Crippen LogP contribution in [-0.2, 0) is 32.9 Å². The van der Waals surface area contributed by atoms with Crippen molar-refractivity contribution in [1.82, 2.24) is 13.7 Å². The second-order valence-electron chi connectivity index (χ2n) is 5.78. The highest BCUT2D eigenvalue weighted by Crippen LogP contribution is 2.15. The lowest BCUT2D eigenvalue weighted by molar-refractivity contribution is 0.122. The normalized spacial score (nSPS) is 11.7. The zero-order chi connectivity index (χ0) is 19.7. The monoisotopic (exact) mass is 387 g/mol. The highest BCUT2D eigenvalue weighted by atomic mass is 28.4. The molecule has 1 aromatic heterocycles. The Hall–Kier alpha value is -1.75. The molecule has 0 radical (unpaired) electrons. The van der Waals surface area contributed by atoms with Gasteiger partial charge in [-0.2, -0.15) is 0 Å². The Morgan fingerprint density at radius 2 is 1.35 bits per heavy atom. The van der Waals surface area contributed by atoms with Crippen LogP contribution in [0.5, 0.6) is 0 Å². The molecule has 0 aliphatic rings. The molecule has 0 amide bonds. The molecule has 0 aliphatic carbocycles. The van der Waals surface area contributed by atoms with Crippen molar-refractivity contribution in [3.8, 4) is 0 Å². The lowest BCUT2D eigenvalue weighted by Crippen LogP contribution is -2.54.